The van der Waals surface area contributed by atoms with E-state index >= 15 is 0 Å². The van der Waals surface area contributed by atoms with E-state index in [0.717, 1.165) is 24.3 Å². The Morgan fingerprint density at radius 1 is 0.966 bits per heavy atom. The smallest absolute Gasteiger partial charge is 0.507 e. The van der Waals surface area contributed by atoms with Gasteiger partial charge in [-0.25, -0.2) is 0 Å². The molecule has 1 heterocycles. The maximum atomic E-state index is 7.00. The summed E-state index contributed by atoms with van der Waals surface area (Å²) in [6.07, 6.45) is 10.1. The first-order valence-electron chi connectivity index (χ1n) is 10.4. The van der Waals surface area contributed by atoms with E-state index < -0.39 is 5.39 Å². The quantitative estimate of drug-likeness (QED) is 0.331. The molecule has 6 nitrogen and oxygen atoms in total. The van der Waals surface area contributed by atoms with Crippen molar-refractivity contribution in [2.75, 3.05) is 18.0 Å². The Kier molecular flexibility index (Phi) is 7.09. The van der Waals surface area contributed by atoms with Crippen LogP contribution in [0.3, 0.4) is 0 Å². The van der Waals surface area contributed by atoms with Gasteiger partial charge < -0.3 is 16.2 Å². The largest absolute Gasteiger partial charge is 2.00 e. The summed E-state index contributed by atoms with van der Waals surface area (Å²) in [5.74, 6) is 2.90. The summed E-state index contributed by atoms with van der Waals surface area (Å²) in [5.41, 5.74) is 6.03. The van der Waals surface area contributed by atoms with Crippen molar-refractivity contribution in [1.29, 1.82) is 0 Å². The van der Waals surface area contributed by atoms with Crippen molar-refractivity contribution >= 4 is 5.69 Å². The summed E-state index contributed by atoms with van der Waals surface area (Å²) in [7, 11) is 0. The molecule has 5 fully saturated rings. The number of benzene rings is 1. The van der Waals surface area contributed by atoms with E-state index in [4.69, 9.17) is 15.6 Å². The Hall–Kier alpha value is -0.557. The minimum Gasteiger partial charge on any atom is -0.507 e. The molecule has 2 atom stereocenters. The summed E-state index contributed by atoms with van der Waals surface area (Å²) in [4.78, 5) is 5.24. The van der Waals surface area contributed by atoms with Crippen LogP contribution in [0.25, 0.3) is 0 Å². The first-order chi connectivity index (χ1) is 13.3. The van der Waals surface area contributed by atoms with Gasteiger partial charge in [0.15, 0.2) is 0 Å². The molecule has 162 valence electrons. The van der Waals surface area contributed by atoms with Crippen LogP contribution in [-0.2, 0) is 19.5 Å². The van der Waals surface area contributed by atoms with Crippen LogP contribution in [0.4, 0.5) is 5.69 Å². The third-order valence-corrected chi connectivity index (χ3v) is 7.12. The van der Waals surface area contributed by atoms with Crippen LogP contribution in [0.2, 0.25) is 0 Å². The van der Waals surface area contributed by atoms with Crippen molar-refractivity contribution in [2.24, 2.45) is 17.8 Å². The van der Waals surface area contributed by atoms with Crippen LogP contribution in [0, 0.1) is 51.6 Å². The maximum Gasteiger partial charge on any atom is 2.00 e. The van der Waals surface area contributed by atoms with Crippen molar-refractivity contribution in [3.63, 3.8) is 0 Å². The fourth-order valence-corrected chi connectivity index (χ4v) is 6.71. The zero-order valence-electron chi connectivity index (χ0n) is 17.5. The molecule has 6 rings (SSSR count). The van der Waals surface area contributed by atoms with Gasteiger partial charge in [-0.05, 0) is 56.7 Å². The standard InChI is InChI=1S/C22H30N2.H3NO3.Ru/c1-15-6-16(2)21(17(3)7-15)23-4-5-24(14-23)22-11-18-8-19(12-22)10-20(9-18)13-22;2-1(3)4;/h6-7,11,14,18-20H,4-5,8-10,12-13H2,1-3H3;2-4H;/q-2;;+2. The Labute approximate surface area is 187 Å². The predicted octanol–water partition coefficient (Wildman–Crippen LogP) is 4.09. The van der Waals surface area contributed by atoms with Gasteiger partial charge in [-0.2, -0.15) is 12.6 Å². The summed E-state index contributed by atoms with van der Waals surface area (Å²) >= 11 is 0. The SMILES string of the molecule is Cc1cc(C)c(N2[CH-]N(C34[CH-]C5CC(CC(C5)C3)C4)CC2)c(C)c1.ON(O)O.[Ru+2]. The van der Waals surface area contributed by atoms with E-state index in [9.17, 15) is 0 Å². The summed E-state index contributed by atoms with van der Waals surface area (Å²) in [5, 5.41) is 20.0. The number of hydrogen-bond acceptors (Lipinski definition) is 6. The molecule has 1 aromatic rings. The molecule has 2 unspecified atom stereocenters. The van der Waals surface area contributed by atoms with Gasteiger partial charge in [0.05, 0.1) is 5.39 Å². The van der Waals surface area contributed by atoms with Crippen LogP contribution in [0.1, 0.15) is 48.8 Å². The Morgan fingerprint density at radius 3 is 2.03 bits per heavy atom. The number of nitrogens with zero attached hydrogens (tertiary/aromatic N) is 3. The first-order valence-corrected chi connectivity index (χ1v) is 10.4. The van der Waals surface area contributed by atoms with Crippen molar-refractivity contribution < 1.29 is 35.1 Å². The fraction of sp³-hybridized carbons (Fsp3) is 0.636. The zero-order valence-corrected chi connectivity index (χ0v) is 19.3. The third kappa shape index (κ3) is 4.71. The molecule has 0 radical (unpaired) electrons. The average Bonchev–Trinajstić information content (AvgIpc) is 3.02. The molecular weight excluding hydrogens is 455 g/mol. The molecule has 0 aromatic heterocycles. The number of hydrogen-bond donors (Lipinski definition) is 3. The molecule has 29 heavy (non-hydrogen) atoms. The van der Waals surface area contributed by atoms with Gasteiger partial charge in [-0.1, -0.05) is 43.4 Å². The Balaban J connectivity index is 0.000000443. The molecule has 5 aliphatic rings. The molecule has 4 saturated carbocycles. The molecule has 3 N–H and O–H groups in total. The third-order valence-electron chi connectivity index (χ3n) is 7.12. The number of rotatable bonds is 2. The van der Waals surface area contributed by atoms with Crippen molar-refractivity contribution in [3.8, 4) is 0 Å². The fourth-order valence-electron chi connectivity index (χ4n) is 6.71. The van der Waals surface area contributed by atoms with Crippen molar-refractivity contribution in [2.45, 2.75) is 58.4 Å². The normalized spacial score (nSPS) is 32.9. The average molecular weight is 489 g/mol. The van der Waals surface area contributed by atoms with Gasteiger partial charge in [-0.3, -0.25) is 15.6 Å². The first kappa shape index (κ1) is 23.1. The van der Waals surface area contributed by atoms with Crippen LogP contribution >= 0.6 is 0 Å². The second kappa shape index (κ2) is 8.90. The van der Waals surface area contributed by atoms with E-state index in [1.165, 1.54) is 61.0 Å². The molecule has 4 aliphatic carbocycles. The van der Waals surface area contributed by atoms with Gasteiger partial charge in [0.25, 0.3) is 0 Å². The van der Waals surface area contributed by atoms with Crippen LogP contribution in [0.5, 0.6) is 0 Å². The van der Waals surface area contributed by atoms with Crippen molar-refractivity contribution in [1.82, 2.24) is 10.3 Å². The second-order valence-electron chi connectivity index (χ2n) is 9.40. The second-order valence-corrected chi connectivity index (χ2v) is 9.40. The summed E-state index contributed by atoms with van der Waals surface area (Å²) in [6.45, 7) is 11.5. The molecule has 0 spiro atoms. The molecule has 1 aromatic carbocycles. The number of anilines is 1. The van der Waals surface area contributed by atoms with E-state index in [0.29, 0.717) is 5.54 Å². The van der Waals surface area contributed by atoms with Crippen LogP contribution in [0.15, 0.2) is 12.1 Å². The zero-order chi connectivity index (χ0) is 20.1. The Bertz CT molecular complexity index is 666. The van der Waals surface area contributed by atoms with Crippen LogP contribution in [-0.4, -0.2) is 44.5 Å². The Morgan fingerprint density at radius 2 is 1.52 bits per heavy atom. The van der Waals surface area contributed by atoms with Gasteiger partial charge >= 0.3 is 19.5 Å². The molecule has 1 saturated heterocycles. The maximum absolute atomic E-state index is 7.00. The van der Waals surface area contributed by atoms with Crippen LogP contribution < -0.4 is 4.90 Å². The van der Waals surface area contributed by atoms with Crippen molar-refractivity contribution in [3.05, 3.63) is 41.9 Å². The van der Waals surface area contributed by atoms with Gasteiger partial charge in [0.2, 0.25) is 0 Å². The van der Waals surface area contributed by atoms with Gasteiger partial charge in [-0.15, -0.1) is 5.54 Å². The van der Waals surface area contributed by atoms with E-state index in [1.807, 2.05) is 0 Å². The number of aryl methyl sites for hydroxylation is 3. The molecule has 0 amide bonds. The van der Waals surface area contributed by atoms with Gasteiger partial charge in [0.1, 0.15) is 0 Å². The van der Waals surface area contributed by atoms with Gasteiger partial charge in [0, 0.05) is 12.2 Å². The molecule has 7 heteroatoms. The van der Waals surface area contributed by atoms with E-state index in [1.54, 1.807) is 0 Å². The molecule has 4 bridgehead atoms. The minimum atomic E-state index is -1.00. The molecule has 1 aliphatic heterocycles. The summed E-state index contributed by atoms with van der Waals surface area (Å²) < 4.78 is 0. The summed E-state index contributed by atoms with van der Waals surface area (Å²) in [6, 6.07) is 4.66. The molecular formula is C22H33N3O3Ru. The monoisotopic (exact) mass is 489 g/mol. The minimum absolute atomic E-state index is 0. The van der Waals surface area contributed by atoms with E-state index in [2.05, 4.69) is 55.8 Å². The van der Waals surface area contributed by atoms with E-state index in [-0.39, 0.29) is 19.5 Å². The predicted molar refractivity (Wildman–Crippen MR) is 107 cm³/mol. The topological polar surface area (TPSA) is 70.4 Å².